The number of aryl methyl sites for hydroxylation is 1. The molecule has 0 aromatic heterocycles. The molecule has 0 saturated carbocycles. The Balaban J connectivity index is 1.36. The van der Waals surface area contributed by atoms with E-state index in [1.165, 1.54) is 5.56 Å². The van der Waals surface area contributed by atoms with Gasteiger partial charge in [0.2, 0.25) is 11.8 Å². The van der Waals surface area contributed by atoms with E-state index in [0.717, 1.165) is 43.7 Å². The summed E-state index contributed by atoms with van der Waals surface area (Å²) in [6, 6.07) is 17.9. The van der Waals surface area contributed by atoms with Crippen molar-refractivity contribution in [3.8, 4) is 5.75 Å². The van der Waals surface area contributed by atoms with Gasteiger partial charge in [-0.1, -0.05) is 48.5 Å². The molecule has 6 heteroatoms. The Bertz CT molecular complexity index is 848. The molecule has 1 saturated heterocycles. The predicted molar refractivity (Wildman–Crippen MR) is 122 cm³/mol. The van der Waals surface area contributed by atoms with E-state index in [9.17, 15) is 9.59 Å². The van der Waals surface area contributed by atoms with Crippen molar-refractivity contribution in [3.63, 3.8) is 0 Å². The van der Waals surface area contributed by atoms with E-state index < -0.39 is 0 Å². The number of rotatable bonds is 9. The van der Waals surface area contributed by atoms with E-state index >= 15 is 0 Å². The number of hydrogen-bond acceptors (Lipinski definition) is 4. The van der Waals surface area contributed by atoms with Gasteiger partial charge in [-0.25, -0.2) is 0 Å². The Hall–Kier alpha value is -2.86. The van der Waals surface area contributed by atoms with Crippen LogP contribution in [0, 0.1) is 0 Å². The number of carbonyl (C=O) groups is 2. The van der Waals surface area contributed by atoms with Crippen molar-refractivity contribution in [1.29, 1.82) is 0 Å². The molecular weight excluding hydrogens is 390 g/mol. The van der Waals surface area contributed by atoms with Gasteiger partial charge in [-0.05, 0) is 37.8 Å². The molecule has 31 heavy (non-hydrogen) atoms. The number of carbonyl (C=O) groups excluding carboxylic acids is 2. The van der Waals surface area contributed by atoms with Crippen LogP contribution in [0.5, 0.6) is 5.75 Å². The lowest BCUT2D eigenvalue weighted by Crippen LogP contribution is -2.47. The van der Waals surface area contributed by atoms with Gasteiger partial charge in [0.05, 0.1) is 19.7 Å². The molecule has 2 amide bonds. The largest absolute Gasteiger partial charge is 0.496 e. The molecular formula is C25H33N3O3. The minimum absolute atomic E-state index is 0.00347. The molecule has 2 N–H and O–H groups in total. The van der Waals surface area contributed by atoms with Crippen molar-refractivity contribution in [2.24, 2.45) is 0 Å². The highest BCUT2D eigenvalue weighted by Crippen LogP contribution is 2.24. The molecule has 1 fully saturated rings. The molecule has 1 unspecified atom stereocenters. The van der Waals surface area contributed by atoms with Crippen LogP contribution < -0.4 is 15.4 Å². The zero-order valence-corrected chi connectivity index (χ0v) is 18.5. The van der Waals surface area contributed by atoms with Gasteiger partial charge in [0.25, 0.3) is 0 Å². The van der Waals surface area contributed by atoms with E-state index in [1.54, 1.807) is 7.11 Å². The van der Waals surface area contributed by atoms with Crippen LogP contribution in [0.2, 0.25) is 0 Å². The van der Waals surface area contributed by atoms with E-state index in [-0.39, 0.29) is 23.9 Å². The Morgan fingerprint density at radius 1 is 1.03 bits per heavy atom. The molecule has 1 aliphatic heterocycles. The smallest absolute Gasteiger partial charge is 0.234 e. The van der Waals surface area contributed by atoms with Crippen LogP contribution in [0.25, 0.3) is 0 Å². The van der Waals surface area contributed by atoms with Crippen molar-refractivity contribution < 1.29 is 14.3 Å². The molecule has 2 aromatic carbocycles. The lowest BCUT2D eigenvalue weighted by Gasteiger charge is -2.32. The van der Waals surface area contributed by atoms with Crippen LogP contribution >= 0.6 is 0 Å². The van der Waals surface area contributed by atoms with Crippen LogP contribution in [0.15, 0.2) is 54.6 Å². The second-order valence-corrected chi connectivity index (χ2v) is 8.13. The summed E-state index contributed by atoms with van der Waals surface area (Å²) in [5.74, 6) is 0.883. The van der Waals surface area contributed by atoms with Gasteiger partial charge in [-0.3, -0.25) is 14.5 Å². The van der Waals surface area contributed by atoms with Crippen molar-refractivity contribution in [1.82, 2.24) is 15.5 Å². The lowest BCUT2D eigenvalue weighted by atomic mass is 10.0. The maximum atomic E-state index is 12.5. The minimum Gasteiger partial charge on any atom is -0.496 e. The summed E-state index contributed by atoms with van der Waals surface area (Å²) in [5.41, 5.74) is 2.15. The molecule has 1 atom stereocenters. The number of para-hydroxylation sites is 1. The van der Waals surface area contributed by atoms with E-state index in [4.69, 9.17) is 4.74 Å². The summed E-state index contributed by atoms with van der Waals surface area (Å²) in [7, 11) is 1.64. The third-order valence-corrected chi connectivity index (χ3v) is 5.79. The standard InChI is InChI=1S/C25H33N3O3/c1-19(22-10-6-7-11-23(22)31-2)26-25(30)18-28-16-14-21(15-17-28)27-24(29)13-12-20-8-4-3-5-9-20/h3-11,19,21H,12-18H2,1-2H3,(H,26,30)(H,27,29). The Morgan fingerprint density at radius 3 is 2.42 bits per heavy atom. The first-order valence-electron chi connectivity index (χ1n) is 11.0. The summed E-state index contributed by atoms with van der Waals surface area (Å²) in [6.45, 7) is 3.95. The van der Waals surface area contributed by atoms with Crippen LogP contribution in [-0.2, 0) is 16.0 Å². The maximum absolute atomic E-state index is 12.5. The highest BCUT2D eigenvalue weighted by atomic mass is 16.5. The third kappa shape index (κ3) is 7.10. The number of methoxy groups -OCH3 is 1. The molecule has 1 heterocycles. The summed E-state index contributed by atoms with van der Waals surface area (Å²) in [4.78, 5) is 26.9. The van der Waals surface area contributed by atoms with Crippen LogP contribution in [0.4, 0.5) is 0 Å². The van der Waals surface area contributed by atoms with Gasteiger partial charge in [0, 0.05) is 31.1 Å². The normalized spacial score (nSPS) is 15.8. The second kappa shape index (κ2) is 11.5. The SMILES string of the molecule is COc1ccccc1C(C)NC(=O)CN1CCC(NC(=O)CCc2ccccc2)CC1. The molecule has 0 aliphatic carbocycles. The molecule has 0 bridgehead atoms. The number of piperidine rings is 1. The first-order valence-corrected chi connectivity index (χ1v) is 11.0. The zero-order chi connectivity index (χ0) is 22.1. The van der Waals surface area contributed by atoms with Crippen molar-refractivity contribution in [2.75, 3.05) is 26.7 Å². The van der Waals surface area contributed by atoms with Gasteiger partial charge < -0.3 is 15.4 Å². The fourth-order valence-electron chi connectivity index (χ4n) is 4.03. The second-order valence-electron chi connectivity index (χ2n) is 8.13. The topological polar surface area (TPSA) is 70.7 Å². The van der Waals surface area contributed by atoms with Crippen molar-refractivity contribution in [3.05, 3.63) is 65.7 Å². The van der Waals surface area contributed by atoms with Crippen LogP contribution in [0.3, 0.4) is 0 Å². The van der Waals surface area contributed by atoms with Gasteiger partial charge in [-0.15, -0.1) is 0 Å². The molecule has 0 radical (unpaired) electrons. The van der Waals surface area contributed by atoms with Gasteiger partial charge in [0.1, 0.15) is 5.75 Å². The molecule has 6 nitrogen and oxygen atoms in total. The zero-order valence-electron chi connectivity index (χ0n) is 18.5. The molecule has 3 rings (SSSR count). The summed E-state index contributed by atoms with van der Waals surface area (Å²) >= 11 is 0. The maximum Gasteiger partial charge on any atom is 0.234 e. The highest BCUT2D eigenvalue weighted by molar-refractivity contribution is 5.78. The molecule has 166 valence electrons. The monoisotopic (exact) mass is 423 g/mol. The average molecular weight is 424 g/mol. The van der Waals surface area contributed by atoms with Crippen LogP contribution in [0.1, 0.15) is 43.4 Å². The Labute approximate surface area is 185 Å². The Kier molecular flexibility index (Phi) is 8.47. The summed E-state index contributed by atoms with van der Waals surface area (Å²) in [5, 5.41) is 6.21. The number of nitrogens with one attached hydrogen (secondary N) is 2. The number of ether oxygens (including phenoxy) is 1. The summed E-state index contributed by atoms with van der Waals surface area (Å²) in [6.07, 6.45) is 3.00. The van der Waals surface area contributed by atoms with Crippen LogP contribution in [-0.4, -0.2) is 49.5 Å². The number of nitrogens with zero attached hydrogens (tertiary/aromatic N) is 1. The average Bonchev–Trinajstić information content (AvgIpc) is 2.79. The predicted octanol–water partition coefficient (Wildman–Crippen LogP) is 3.09. The van der Waals surface area contributed by atoms with Gasteiger partial charge in [-0.2, -0.15) is 0 Å². The first kappa shape index (κ1) is 22.8. The van der Waals surface area contributed by atoms with Gasteiger partial charge in [0.15, 0.2) is 0 Å². The molecule has 2 aromatic rings. The third-order valence-electron chi connectivity index (χ3n) is 5.79. The first-order chi connectivity index (χ1) is 15.0. The quantitative estimate of drug-likeness (QED) is 0.650. The minimum atomic E-state index is -0.120. The van der Waals surface area contributed by atoms with E-state index in [2.05, 4.69) is 15.5 Å². The van der Waals surface area contributed by atoms with Crippen molar-refractivity contribution in [2.45, 2.75) is 44.7 Å². The molecule has 1 aliphatic rings. The lowest BCUT2D eigenvalue weighted by molar-refractivity contribution is -0.124. The summed E-state index contributed by atoms with van der Waals surface area (Å²) < 4.78 is 5.39. The number of amides is 2. The van der Waals surface area contributed by atoms with E-state index in [1.807, 2.05) is 61.5 Å². The fraction of sp³-hybridized carbons (Fsp3) is 0.440. The highest BCUT2D eigenvalue weighted by Gasteiger charge is 2.23. The van der Waals surface area contributed by atoms with Crippen molar-refractivity contribution >= 4 is 11.8 Å². The number of hydrogen-bond donors (Lipinski definition) is 2. The fourth-order valence-corrected chi connectivity index (χ4v) is 4.03. The number of likely N-dealkylation sites (tertiary alicyclic amines) is 1. The molecule has 0 spiro atoms. The van der Waals surface area contributed by atoms with E-state index in [0.29, 0.717) is 13.0 Å². The Morgan fingerprint density at radius 2 is 1.71 bits per heavy atom. The van der Waals surface area contributed by atoms with Gasteiger partial charge >= 0.3 is 0 Å². The number of benzene rings is 2.